The smallest absolute Gasteiger partial charge is 0.225 e. The maximum Gasteiger partial charge on any atom is 0.225 e. The van der Waals surface area contributed by atoms with Crippen LogP contribution in [-0.4, -0.2) is 72.2 Å². The van der Waals surface area contributed by atoms with Gasteiger partial charge in [-0.25, -0.2) is 8.78 Å². The zero-order valence-electron chi connectivity index (χ0n) is 19.0. The summed E-state index contributed by atoms with van der Waals surface area (Å²) in [6.45, 7) is 4.10. The van der Waals surface area contributed by atoms with E-state index in [9.17, 15) is 18.7 Å². The van der Waals surface area contributed by atoms with Crippen LogP contribution in [0.5, 0.6) is 5.75 Å². The van der Waals surface area contributed by atoms with Crippen molar-refractivity contribution in [1.29, 1.82) is 0 Å². The summed E-state index contributed by atoms with van der Waals surface area (Å²) in [6.07, 6.45) is 1.27. The lowest BCUT2D eigenvalue weighted by atomic mass is 10.0. The number of rotatable bonds is 8. The number of aliphatic hydroxyl groups excluding tert-OH is 1. The van der Waals surface area contributed by atoms with Gasteiger partial charge in [0.2, 0.25) is 5.91 Å². The first-order chi connectivity index (χ1) is 16.4. The Balaban J connectivity index is 1.25. The number of benzene rings is 2. The number of aliphatic hydroxyl groups is 1. The predicted octanol–water partition coefficient (Wildman–Crippen LogP) is 3.20. The minimum Gasteiger partial charge on any atom is -0.497 e. The van der Waals surface area contributed by atoms with Crippen LogP contribution in [0.3, 0.4) is 0 Å². The van der Waals surface area contributed by atoms with Crippen molar-refractivity contribution in [3.05, 3.63) is 65.9 Å². The van der Waals surface area contributed by atoms with E-state index in [4.69, 9.17) is 4.74 Å². The van der Waals surface area contributed by atoms with E-state index in [0.717, 1.165) is 60.8 Å². The van der Waals surface area contributed by atoms with Crippen molar-refractivity contribution in [3.63, 3.8) is 0 Å². The van der Waals surface area contributed by atoms with Crippen molar-refractivity contribution in [2.45, 2.75) is 12.5 Å². The third-order valence-electron chi connectivity index (χ3n) is 6.04. The second-order valence-electron chi connectivity index (χ2n) is 8.40. The quantitative estimate of drug-likeness (QED) is 0.527. The van der Waals surface area contributed by atoms with E-state index in [-0.39, 0.29) is 18.0 Å². The summed E-state index contributed by atoms with van der Waals surface area (Å²) >= 11 is 0. The Bertz CT molecular complexity index is 1130. The Morgan fingerprint density at radius 3 is 2.50 bits per heavy atom. The molecule has 0 spiro atoms. The van der Waals surface area contributed by atoms with Crippen LogP contribution in [0.25, 0.3) is 10.9 Å². The number of aromatic nitrogens is 1. The largest absolute Gasteiger partial charge is 0.497 e. The third kappa shape index (κ3) is 6.05. The van der Waals surface area contributed by atoms with Gasteiger partial charge in [-0.15, -0.1) is 0 Å². The number of piperazine rings is 1. The highest BCUT2D eigenvalue weighted by molar-refractivity contribution is 5.90. The molecule has 1 aromatic heterocycles. The molecule has 0 saturated carbocycles. The third-order valence-corrected chi connectivity index (χ3v) is 6.04. The fourth-order valence-electron chi connectivity index (χ4n) is 4.21. The molecule has 0 radical (unpaired) electrons. The Kier molecular flexibility index (Phi) is 7.66. The molecule has 2 N–H and O–H groups in total. The molecule has 7 nitrogen and oxygen atoms in total. The average Bonchev–Trinajstić information content (AvgIpc) is 2.82. The number of fused-ring (bicyclic) bond motifs is 1. The Labute approximate surface area is 197 Å². The number of nitrogens with one attached hydrogen (secondary N) is 1. The maximum absolute atomic E-state index is 13.3. The minimum absolute atomic E-state index is 0.113. The van der Waals surface area contributed by atoms with Gasteiger partial charge in [-0.05, 0) is 42.0 Å². The molecule has 0 aliphatic carbocycles. The standard InChI is InChI=1S/C25H28F2N4O3/c1-34-20-2-3-23-22(15-20)21(4-6-28-23)24(32)16-31-10-8-30(9-11-31)7-5-25(33)29-19-13-17(26)12-18(27)14-19/h2-4,6,12-15,24,32H,5,7-11,16H2,1H3,(H,29,33)/t24-/m1/s1. The molecule has 4 rings (SSSR count). The second kappa shape index (κ2) is 10.9. The SMILES string of the molecule is COc1ccc2nccc([C@H](O)CN3CCN(CCC(=O)Nc4cc(F)cc(F)c4)CC3)c2c1. The number of hydrogen-bond donors (Lipinski definition) is 2. The number of β-amino-alcohol motifs (C(OH)–C–C–N with tert-alkyl or cyclic N) is 1. The minimum atomic E-state index is -0.729. The van der Waals surface area contributed by atoms with Crippen molar-refractivity contribution < 1.29 is 23.4 Å². The Morgan fingerprint density at radius 1 is 1.09 bits per heavy atom. The summed E-state index contributed by atoms with van der Waals surface area (Å²) in [4.78, 5) is 20.9. The highest BCUT2D eigenvalue weighted by atomic mass is 19.1. The van der Waals surface area contributed by atoms with E-state index in [1.807, 2.05) is 24.3 Å². The number of halogens is 2. The van der Waals surface area contributed by atoms with Crippen LogP contribution in [0.15, 0.2) is 48.7 Å². The van der Waals surface area contributed by atoms with Gasteiger partial charge in [0.25, 0.3) is 0 Å². The zero-order chi connectivity index (χ0) is 24.1. The highest BCUT2D eigenvalue weighted by Gasteiger charge is 2.21. The predicted molar refractivity (Wildman–Crippen MR) is 126 cm³/mol. The van der Waals surface area contributed by atoms with Gasteiger partial charge in [-0.3, -0.25) is 14.7 Å². The van der Waals surface area contributed by atoms with E-state index in [0.29, 0.717) is 18.8 Å². The van der Waals surface area contributed by atoms with E-state index in [1.54, 1.807) is 13.3 Å². The fourth-order valence-corrected chi connectivity index (χ4v) is 4.21. The molecule has 1 amide bonds. The van der Waals surface area contributed by atoms with Gasteiger partial charge in [0.05, 0.1) is 18.7 Å². The van der Waals surface area contributed by atoms with Crippen molar-refractivity contribution in [2.24, 2.45) is 0 Å². The highest BCUT2D eigenvalue weighted by Crippen LogP contribution is 2.27. The van der Waals surface area contributed by atoms with Crippen LogP contribution >= 0.6 is 0 Å². The number of ether oxygens (including phenoxy) is 1. The van der Waals surface area contributed by atoms with E-state index in [2.05, 4.69) is 20.1 Å². The lowest BCUT2D eigenvalue weighted by Crippen LogP contribution is -2.48. The number of amides is 1. The molecule has 1 fully saturated rings. The van der Waals surface area contributed by atoms with E-state index >= 15 is 0 Å². The van der Waals surface area contributed by atoms with Gasteiger partial charge in [0.1, 0.15) is 17.4 Å². The molecule has 2 aromatic carbocycles. The van der Waals surface area contributed by atoms with Crippen LogP contribution in [0.4, 0.5) is 14.5 Å². The molecule has 0 bridgehead atoms. The molecule has 1 saturated heterocycles. The molecule has 1 aliphatic heterocycles. The summed E-state index contributed by atoms with van der Waals surface area (Å²) < 4.78 is 31.9. The molecule has 3 aromatic rings. The summed E-state index contributed by atoms with van der Waals surface area (Å²) in [6, 6.07) is 10.4. The van der Waals surface area contributed by atoms with Crippen molar-refractivity contribution in [2.75, 3.05) is 51.7 Å². The second-order valence-corrected chi connectivity index (χ2v) is 8.40. The number of carbonyl (C=O) groups excluding carboxylic acids is 1. The first kappa shape index (κ1) is 24.0. The van der Waals surface area contributed by atoms with Crippen molar-refractivity contribution >= 4 is 22.5 Å². The molecule has 9 heteroatoms. The van der Waals surface area contributed by atoms with Gasteiger partial charge in [0, 0.05) is 69.0 Å². The van der Waals surface area contributed by atoms with Crippen LogP contribution in [0, 0.1) is 11.6 Å². The monoisotopic (exact) mass is 470 g/mol. The zero-order valence-corrected chi connectivity index (χ0v) is 19.0. The Morgan fingerprint density at radius 2 is 1.79 bits per heavy atom. The lowest BCUT2D eigenvalue weighted by Gasteiger charge is -2.35. The average molecular weight is 471 g/mol. The van der Waals surface area contributed by atoms with Crippen molar-refractivity contribution in [3.8, 4) is 5.75 Å². The van der Waals surface area contributed by atoms with Gasteiger partial charge in [-0.1, -0.05) is 0 Å². The van der Waals surface area contributed by atoms with E-state index in [1.165, 1.54) is 0 Å². The summed E-state index contributed by atoms with van der Waals surface area (Å²) in [5.74, 6) is -1.03. The van der Waals surface area contributed by atoms with Crippen molar-refractivity contribution in [1.82, 2.24) is 14.8 Å². The summed E-state index contributed by atoms with van der Waals surface area (Å²) in [5.41, 5.74) is 1.74. The van der Waals surface area contributed by atoms with Crippen LogP contribution < -0.4 is 10.1 Å². The summed E-state index contributed by atoms with van der Waals surface area (Å²) in [7, 11) is 1.61. The van der Waals surface area contributed by atoms with Gasteiger partial charge in [0.15, 0.2) is 0 Å². The normalized spacial score (nSPS) is 15.9. The first-order valence-electron chi connectivity index (χ1n) is 11.2. The number of anilines is 1. The molecule has 34 heavy (non-hydrogen) atoms. The summed E-state index contributed by atoms with van der Waals surface area (Å²) in [5, 5.41) is 14.3. The van der Waals surface area contributed by atoms with Crippen LogP contribution in [0.2, 0.25) is 0 Å². The van der Waals surface area contributed by atoms with Crippen LogP contribution in [-0.2, 0) is 4.79 Å². The van der Waals surface area contributed by atoms with E-state index < -0.39 is 17.7 Å². The number of hydrogen-bond acceptors (Lipinski definition) is 6. The maximum atomic E-state index is 13.3. The fraction of sp³-hybridized carbons (Fsp3) is 0.360. The van der Waals surface area contributed by atoms with Gasteiger partial charge < -0.3 is 20.1 Å². The molecule has 2 heterocycles. The Hall–Kier alpha value is -3.14. The van der Waals surface area contributed by atoms with Gasteiger partial charge in [-0.2, -0.15) is 0 Å². The topological polar surface area (TPSA) is 77.9 Å². The number of methoxy groups -OCH3 is 1. The molecular formula is C25H28F2N4O3. The van der Waals surface area contributed by atoms with Crippen LogP contribution in [0.1, 0.15) is 18.1 Å². The first-order valence-corrected chi connectivity index (χ1v) is 11.2. The molecular weight excluding hydrogens is 442 g/mol. The molecule has 1 aliphatic rings. The lowest BCUT2D eigenvalue weighted by molar-refractivity contribution is -0.116. The number of carbonyl (C=O) groups is 1. The molecule has 1 atom stereocenters. The number of pyridine rings is 1. The number of nitrogens with zero attached hydrogens (tertiary/aromatic N) is 3. The van der Waals surface area contributed by atoms with Gasteiger partial charge >= 0.3 is 0 Å². The molecule has 180 valence electrons. The molecule has 0 unspecified atom stereocenters.